The van der Waals surface area contributed by atoms with Crippen LogP contribution in [0.1, 0.15) is 0 Å². The van der Waals surface area contributed by atoms with Crippen molar-refractivity contribution < 1.29 is 27.0 Å². The molecule has 0 unspecified atom stereocenters. The number of nitrogen functional groups attached to an aromatic ring is 1. The van der Waals surface area contributed by atoms with Crippen LogP contribution in [0, 0.1) is 5.82 Å². The van der Waals surface area contributed by atoms with Crippen molar-refractivity contribution in [2.24, 2.45) is 0 Å². The highest BCUT2D eigenvalue weighted by atomic mass is 19.4. The highest BCUT2D eigenvalue weighted by Crippen LogP contribution is 2.36. The van der Waals surface area contributed by atoms with Gasteiger partial charge in [0, 0.05) is 23.4 Å². The Kier molecular flexibility index (Phi) is 4.71. The molecule has 7 heteroatoms. The van der Waals surface area contributed by atoms with E-state index in [9.17, 15) is 17.6 Å². The summed E-state index contributed by atoms with van der Waals surface area (Å²) in [5, 5.41) is 0. The van der Waals surface area contributed by atoms with Crippen LogP contribution in [0.15, 0.2) is 66.7 Å². The average molecular weight is 363 g/mol. The Morgan fingerprint density at radius 2 is 1.54 bits per heavy atom. The van der Waals surface area contributed by atoms with Gasteiger partial charge < -0.3 is 15.2 Å². The van der Waals surface area contributed by atoms with E-state index in [1.165, 1.54) is 30.3 Å². The van der Waals surface area contributed by atoms with Gasteiger partial charge in [-0.3, -0.25) is 0 Å². The second-order valence-electron chi connectivity index (χ2n) is 5.39. The van der Waals surface area contributed by atoms with Crippen molar-refractivity contribution in [3.8, 4) is 28.4 Å². The van der Waals surface area contributed by atoms with Gasteiger partial charge in [-0.05, 0) is 42.0 Å². The lowest BCUT2D eigenvalue weighted by Gasteiger charge is -2.14. The summed E-state index contributed by atoms with van der Waals surface area (Å²) in [6.45, 7) is 0. The third-order valence-corrected chi connectivity index (χ3v) is 3.41. The van der Waals surface area contributed by atoms with Gasteiger partial charge in [-0.15, -0.1) is 13.2 Å². The number of benzene rings is 3. The molecule has 0 heterocycles. The largest absolute Gasteiger partial charge is 0.573 e. The summed E-state index contributed by atoms with van der Waals surface area (Å²) in [6, 6.07) is 15.7. The third-order valence-electron chi connectivity index (χ3n) is 3.41. The van der Waals surface area contributed by atoms with Crippen LogP contribution in [-0.2, 0) is 0 Å². The van der Waals surface area contributed by atoms with Gasteiger partial charge in [0.15, 0.2) is 0 Å². The van der Waals surface area contributed by atoms with E-state index in [0.29, 0.717) is 16.8 Å². The summed E-state index contributed by atoms with van der Waals surface area (Å²) in [5.74, 6) is -0.438. The second kappa shape index (κ2) is 6.95. The summed E-state index contributed by atoms with van der Waals surface area (Å²) >= 11 is 0. The fourth-order valence-electron chi connectivity index (χ4n) is 2.38. The van der Waals surface area contributed by atoms with Crippen LogP contribution < -0.4 is 15.2 Å². The first-order valence-corrected chi connectivity index (χ1v) is 7.49. The van der Waals surface area contributed by atoms with Crippen LogP contribution in [0.4, 0.5) is 23.2 Å². The number of ether oxygens (including phenoxy) is 2. The van der Waals surface area contributed by atoms with Gasteiger partial charge in [-0.25, -0.2) is 4.39 Å². The number of rotatable bonds is 4. The minimum absolute atomic E-state index is 0.120. The van der Waals surface area contributed by atoms with E-state index in [-0.39, 0.29) is 11.5 Å². The molecular weight excluding hydrogens is 350 g/mol. The second-order valence-corrected chi connectivity index (χ2v) is 5.39. The normalized spacial score (nSPS) is 11.2. The monoisotopic (exact) mass is 363 g/mol. The molecule has 0 aliphatic rings. The van der Waals surface area contributed by atoms with E-state index >= 15 is 0 Å². The van der Waals surface area contributed by atoms with Crippen molar-refractivity contribution in [3.63, 3.8) is 0 Å². The number of anilines is 1. The van der Waals surface area contributed by atoms with E-state index in [2.05, 4.69) is 4.74 Å². The van der Waals surface area contributed by atoms with Crippen molar-refractivity contribution in [3.05, 3.63) is 72.5 Å². The molecular formula is C19H13F4NO2. The zero-order chi connectivity index (χ0) is 18.7. The SMILES string of the molecule is Nc1ccc(-c2cccc(F)c2)c(Oc2cccc(OC(F)(F)F)c2)c1. The zero-order valence-electron chi connectivity index (χ0n) is 13.3. The molecule has 0 fully saturated rings. The van der Waals surface area contributed by atoms with Gasteiger partial charge in [0.05, 0.1) is 0 Å². The summed E-state index contributed by atoms with van der Waals surface area (Å²) in [4.78, 5) is 0. The van der Waals surface area contributed by atoms with Gasteiger partial charge in [0.1, 0.15) is 23.1 Å². The maximum absolute atomic E-state index is 13.5. The number of hydrogen-bond donors (Lipinski definition) is 1. The van der Waals surface area contributed by atoms with Crippen LogP contribution >= 0.6 is 0 Å². The molecule has 0 aliphatic heterocycles. The summed E-state index contributed by atoms with van der Waals surface area (Å²) < 4.78 is 60.2. The number of halogens is 4. The zero-order valence-corrected chi connectivity index (χ0v) is 13.3. The first-order valence-electron chi connectivity index (χ1n) is 7.49. The summed E-state index contributed by atoms with van der Waals surface area (Å²) in [7, 11) is 0. The molecule has 134 valence electrons. The molecule has 3 nitrogen and oxygen atoms in total. The molecule has 0 amide bonds. The Bertz CT molecular complexity index is 925. The maximum Gasteiger partial charge on any atom is 0.573 e. The number of hydrogen-bond acceptors (Lipinski definition) is 3. The van der Waals surface area contributed by atoms with Gasteiger partial charge in [-0.2, -0.15) is 0 Å². The van der Waals surface area contributed by atoms with E-state index in [4.69, 9.17) is 10.5 Å². The lowest BCUT2D eigenvalue weighted by atomic mass is 10.0. The Balaban J connectivity index is 1.95. The molecule has 0 radical (unpaired) electrons. The van der Waals surface area contributed by atoms with Crippen molar-refractivity contribution in [2.75, 3.05) is 5.73 Å². The third kappa shape index (κ3) is 4.44. The molecule has 3 aromatic carbocycles. The molecule has 0 atom stereocenters. The minimum atomic E-state index is -4.80. The number of alkyl halides is 3. The molecule has 0 saturated heterocycles. The lowest BCUT2D eigenvalue weighted by molar-refractivity contribution is -0.274. The summed E-state index contributed by atoms with van der Waals surface area (Å²) in [5.41, 5.74) is 7.25. The molecule has 2 N–H and O–H groups in total. The fourth-order valence-corrected chi connectivity index (χ4v) is 2.38. The molecule has 0 aliphatic carbocycles. The molecule has 26 heavy (non-hydrogen) atoms. The average Bonchev–Trinajstić information content (AvgIpc) is 2.53. The van der Waals surface area contributed by atoms with Crippen molar-refractivity contribution >= 4 is 5.69 Å². The van der Waals surface area contributed by atoms with Crippen molar-refractivity contribution in [1.29, 1.82) is 0 Å². The van der Waals surface area contributed by atoms with Crippen LogP contribution in [-0.4, -0.2) is 6.36 Å². The maximum atomic E-state index is 13.5. The van der Waals surface area contributed by atoms with Gasteiger partial charge in [0.2, 0.25) is 0 Å². The summed E-state index contributed by atoms with van der Waals surface area (Å²) in [6.07, 6.45) is -4.80. The van der Waals surface area contributed by atoms with Gasteiger partial charge >= 0.3 is 6.36 Å². The quantitative estimate of drug-likeness (QED) is 0.473. The topological polar surface area (TPSA) is 44.5 Å². The molecule has 3 rings (SSSR count). The Hall–Kier alpha value is -3.22. The van der Waals surface area contributed by atoms with Crippen LogP contribution in [0.5, 0.6) is 17.2 Å². The van der Waals surface area contributed by atoms with Gasteiger partial charge in [-0.1, -0.05) is 18.2 Å². The standard InChI is InChI=1S/C19H13F4NO2/c20-13-4-1-3-12(9-13)17-8-7-14(24)10-18(17)25-15-5-2-6-16(11-15)26-19(21,22)23/h1-11H,24H2. The van der Waals surface area contributed by atoms with E-state index in [0.717, 1.165) is 12.1 Å². The van der Waals surface area contributed by atoms with E-state index in [1.807, 2.05) is 0 Å². The predicted molar refractivity (Wildman–Crippen MR) is 89.4 cm³/mol. The Labute approximate surface area is 146 Å². The fraction of sp³-hybridized carbons (Fsp3) is 0.0526. The molecule has 0 bridgehead atoms. The Morgan fingerprint density at radius 1 is 0.808 bits per heavy atom. The molecule has 3 aromatic rings. The minimum Gasteiger partial charge on any atom is -0.457 e. The van der Waals surface area contributed by atoms with E-state index < -0.39 is 17.9 Å². The first-order chi connectivity index (χ1) is 12.3. The van der Waals surface area contributed by atoms with Crippen LogP contribution in [0.3, 0.4) is 0 Å². The lowest BCUT2D eigenvalue weighted by Crippen LogP contribution is -2.17. The highest BCUT2D eigenvalue weighted by Gasteiger charge is 2.31. The van der Waals surface area contributed by atoms with Crippen LogP contribution in [0.2, 0.25) is 0 Å². The predicted octanol–water partition coefficient (Wildman–Crippen LogP) is 5.77. The highest BCUT2D eigenvalue weighted by molar-refractivity contribution is 5.73. The van der Waals surface area contributed by atoms with E-state index in [1.54, 1.807) is 24.3 Å². The molecule has 0 spiro atoms. The van der Waals surface area contributed by atoms with Crippen molar-refractivity contribution in [1.82, 2.24) is 0 Å². The van der Waals surface area contributed by atoms with Crippen molar-refractivity contribution in [2.45, 2.75) is 6.36 Å². The molecule has 0 saturated carbocycles. The Morgan fingerprint density at radius 3 is 2.27 bits per heavy atom. The molecule has 0 aromatic heterocycles. The smallest absolute Gasteiger partial charge is 0.457 e. The van der Waals surface area contributed by atoms with Gasteiger partial charge in [0.25, 0.3) is 0 Å². The van der Waals surface area contributed by atoms with Crippen LogP contribution in [0.25, 0.3) is 11.1 Å². The number of nitrogens with two attached hydrogens (primary N) is 1. The first kappa shape index (κ1) is 17.6.